The Labute approximate surface area is 175 Å². The van der Waals surface area contributed by atoms with Gasteiger partial charge in [-0.15, -0.1) is 0 Å². The van der Waals surface area contributed by atoms with Gasteiger partial charge in [0.05, 0.1) is 11.6 Å². The molecule has 3 heteroatoms. The molecule has 2 aromatic carbocycles. The van der Waals surface area contributed by atoms with E-state index in [4.69, 9.17) is 0 Å². The summed E-state index contributed by atoms with van der Waals surface area (Å²) >= 11 is 0. The van der Waals surface area contributed by atoms with Gasteiger partial charge in [0.2, 0.25) is 0 Å². The molecule has 0 bridgehead atoms. The maximum absolute atomic E-state index is 9.21. The standard InChI is InChI=1S/C26H31N3/c1-21(2)13-15-28(18-25-7-4-6-24(16-25)17-27)20-26-8-5-14-29(26)19-23-11-9-22(3)10-12-23/h4-12,14,16,21H,13,15,18-20H2,1-3H3. The number of hydrogen-bond donors (Lipinski definition) is 0. The number of rotatable bonds is 9. The predicted molar refractivity (Wildman–Crippen MR) is 119 cm³/mol. The third-order valence-electron chi connectivity index (χ3n) is 5.27. The van der Waals surface area contributed by atoms with E-state index >= 15 is 0 Å². The highest BCUT2D eigenvalue weighted by atomic mass is 15.1. The summed E-state index contributed by atoms with van der Waals surface area (Å²) in [5.41, 5.74) is 5.87. The molecule has 0 N–H and O–H groups in total. The van der Waals surface area contributed by atoms with Crippen LogP contribution in [-0.4, -0.2) is 16.0 Å². The fourth-order valence-electron chi connectivity index (χ4n) is 3.52. The second kappa shape index (κ2) is 10.1. The molecule has 0 spiro atoms. The van der Waals surface area contributed by atoms with Crippen molar-refractivity contribution >= 4 is 0 Å². The normalized spacial score (nSPS) is 11.2. The first-order valence-electron chi connectivity index (χ1n) is 10.4. The fourth-order valence-corrected chi connectivity index (χ4v) is 3.52. The van der Waals surface area contributed by atoms with Crippen LogP contribution in [0.2, 0.25) is 0 Å². The Morgan fingerprint density at radius 2 is 1.76 bits per heavy atom. The highest BCUT2D eigenvalue weighted by Crippen LogP contribution is 2.16. The Balaban J connectivity index is 1.74. The van der Waals surface area contributed by atoms with Crippen LogP contribution >= 0.6 is 0 Å². The van der Waals surface area contributed by atoms with Crippen LogP contribution in [0.3, 0.4) is 0 Å². The largest absolute Gasteiger partial charge is 0.346 e. The van der Waals surface area contributed by atoms with E-state index in [0.29, 0.717) is 5.92 Å². The van der Waals surface area contributed by atoms with Crippen molar-refractivity contribution in [3.05, 3.63) is 94.8 Å². The molecule has 0 saturated heterocycles. The van der Waals surface area contributed by atoms with Gasteiger partial charge in [-0.3, -0.25) is 4.90 Å². The van der Waals surface area contributed by atoms with Gasteiger partial charge in [0.25, 0.3) is 0 Å². The SMILES string of the molecule is Cc1ccc(Cn2cccc2CN(CCC(C)C)Cc2cccc(C#N)c2)cc1. The molecule has 1 aromatic heterocycles. The van der Waals surface area contributed by atoms with Crippen molar-refractivity contribution in [3.63, 3.8) is 0 Å². The number of aryl methyl sites for hydroxylation is 1. The highest BCUT2D eigenvalue weighted by molar-refractivity contribution is 5.32. The lowest BCUT2D eigenvalue weighted by Gasteiger charge is -2.24. The Morgan fingerprint density at radius 3 is 2.48 bits per heavy atom. The molecule has 29 heavy (non-hydrogen) atoms. The van der Waals surface area contributed by atoms with Crippen LogP contribution in [0.4, 0.5) is 0 Å². The minimum atomic E-state index is 0.669. The van der Waals surface area contributed by atoms with Gasteiger partial charge in [-0.1, -0.05) is 55.8 Å². The summed E-state index contributed by atoms with van der Waals surface area (Å²) < 4.78 is 2.35. The van der Waals surface area contributed by atoms with E-state index in [0.717, 1.165) is 38.2 Å². The Hall–Kier alpha value is -2.83. The van der Waals surface area contributed by atoms with Gasteiger partial charge in [0.1, 0.15) is 0 Å². The third-order valence-corrected chi connectivity index (χ3v) is 5.27. The first-order valence-corrected chi connectivity index (χ1v) is 10.4. The Kier molecular flexibility index (Phi) is 7.27. The first-order chi connectivity index (χ1) is 14.0. The van der Waals surface area contributed by atoms with Gasteiger partial charge in [-0.2, -0.15) is 5.26 Å². The molecule has 3 rings (SSSR count). The molecule has 1 heterocycles. The van der Waals surface area contributed by atoms with Crippen LogP contribution < -0.4 is 0 Å². The summed E-state index contributed by atoms with van der Waals surface area (Å²) in [7, 11) is 0. The van der Waals surface area contributed by atoms with Crippen LogP contribution in [0, 0.1) is 24.2 Å². The van der Waals surface area contributed by atoms with Gasteiger partial charge in [-0.25, -0.2) is 0 Å². The van der Waals surface area contributed by atoms with Gasteiger partial charge in [0, 0.05) is 31.5 Å². The minimum Gasteiger partial charge on any atom is -0.346 e. The van der Waals surface area contributed by atoms with E-state index in [1.165, 1.54) is 22.4 Å². The van der Waals surface area contributed by atoms with E-state index in [-0.39, 0.29) is 0 Å². The van der Waals surface area contributed by atoms with Crippen molar-refractivity contribution in [1.82, 2.24) is 9.47 Å². The number of nitriles is 1. The molecule has 0 saturated carbocycles. The number of aromatic nitrogens is 1. The molecule has 0 aliphatic heterocycles. The van der Waals surface area contributed by atoms with Gasteiger partial charge in [0.15, 0.2) is 0 Å². The average molecular weight is 386 g/mol. The molecular weight excluding hydrogens is 354 g/mol. The Bertz CT molecular complexity index is 945. The molecule has 0 amide bonds. The molecule has 0 atom stereocenters. The van der Waals surface area contributed by atoms with E-state index in [2.05, 4.69) is 85.0 Å². The van der Waals surface area contributed by atoms with E-state index in [1.54, 1.807) is 0 Å². The topological polar surface area (TPSA) is 32.0 Å². The molecule has 0 fully saturated rings. The van der Waals surface area contributed by atoms with Crippen molar-refractivity contribution < 1.29 is 0 Å². The summed E-state index contributed by atoms with van der Waals surface area (Å²) in [6.07, 6.45) is 3.34. The fraction of sp³-hybridized carbons (Fsp3) is 0.346. The lowest BCUT2D eigenvalue weighted by atomic mass is 10.1. The zero-order valence-electron chi connectivity index (χ0n) is 17.8. The number of benzene rings is 2. The van der Waals surface area contributed by atoms with Crippen molar-refractivity contribution in [3.8, 4) is 6.07 Å². The van der Waals surface area contributed by atoms with Gasteiger partial charge >= 0.3 is 0 Å². The molecule has 3 nitrogen and oxygen atoms in total. The predicted octanol–water partition coefficient (Wildman–Crippen LogP) is 5.76. The second-order valence-electron chi connectivity index (χ2n) is 8.32. The maximum atomic E-state index is 9.21. The van der Waals surface area contributed by atoms with Gasteiger partial charge in [-0.05, 0) is 61.2 Å². The first kappa shape index (κ1) is 20.9. The van der Waals surface area contributed by atoms with Gasteiger partial charge < -0.3 is 4.57 Å². The lowest BCUT2D eigenvalue weighted by Crippen LogP contribution is -2.26. The van der Waals surface area contributed by atoms with Crippen LogP contribution in [0.5, 0.6) is 0 Å². The molecule has 0 aliphatic carbocycles. The van der Waals surface area contributed by atoms with Crippen molar-refractivity contribution in [2.75, 3.05) is 6.54 Å². The zero-order valence-corrected chi connectivity index (χ0v) is 17.8. The smallest absolute Gasteiger partial charge is 0.0991 e. The van der Waals surface area contributed by atoms with Crippen molar-refractivity contribution in [1.29, 1.82) is 5.26 Å². The third kappa shape index (κ3) is 6.34. The molecule has 0 aliphatic rings. The summed E-state index contributed by atoms with van der Waals surface area (Å²) in [4.78, 5) is 2.50. The Morgan fingerprint density at radius 1 is 0.966 bits per heavy atom. The molecule has 0 unspecified atom stereocenters. The number of nitrogens with zero attached hydrogens (tertiary/aromatic N) is 3. The summed E-state index contributed by atoms with van der Waals surface area (Å²) in [6.45, 7) is 10.4. The van der Waals surface area contributed by atoms with E-state index < -0.39 is 0 Å². The second-order valence-corrected chi connectivity index (χ2v) is 8.32. The minimum absolute atomic E-state index is 0.669. The van der Waals surface area contributed by atoms with Crippen LogP contribution in [0.1, 0.15) is 48.2 Å². The van der Waals surface area contributed by atoms with Crippen LogP contribution in [0.25, 0.3) is 0 Å². The van der Waals surface area contributed by atoms with E-state index in [9.17, 15) is 5.26 Å². The van der Waals surface area contributed by atoms with Crippen LogP contribution in [0.15, 0.2) is 66.9 Å². The number of hydrogen-bond acceptors (Lipinski definition) is 2. The summed E-state index contributed by atoms with van der Waals surface area (Å²) in [6, 6.07) is 23.4. The van der Waals surface area contributed by atoms with Crippen molar-refractivity contribution in [2.45, 2.75) is 46.8 Å². The molecule has 3 aromatic rings. The monoisotopic (exact) mass is 385 g/mol. The summed E-state index contributed by atoms with van der Waals surface area (Å²) in [5.74, 6) is 0.669. The zero-order chi connectivity index (χ0) is 20.6. The molecule has 0 radical (unpaired) electrons. The van der Waals surface area contributed by atoms with Crippen molar-refractivity contribution in [2.24, 2.45) is 5.92 Å². The van der Waals surface area contributed by atoms with Crippen LogP contribution in [-0.2, 0) is 19.6 Å². The average Bonchev–Trinajstić information content (AvgIpc) is 3.14. The lowest BCUT2D eigenvalue weighted by molar-refractivity contribution is 0.235. The highest BCUT2D eigenvalue weighted by Gasteiger charge is 2.12. The maximum Gasteiger partial charge on any atom is 0.0991 e. The molecular formula is C26H31N3. The summed E-state index contributed by atoms with van der Waals surface area (Å²) in [5, 5.41) is 9.21. The molecule has 150 valence electrons. The quantitative estimate of drug-likeness (QED) is 0.469. The van der Waals surface area contributed by atoms with E-state index in [1.807, 2.05) is 18.2 Å².